The lowest BCUT2D eigenvalue weighted by molar-refractivity contribution is -0.145. The van der Waals surface area contributed by atoms with Gasteiger partial charge in [0.05, 0.1) is 0 Å². The molecule has 1 amide bonds. The molecule has 0 radical (unpaired) electrons. The van der Waals surface area contributed by atoms with Gasteiger partial charge in [0.15, 0.2) is 0 Å². The molecule has 1 aliphatic heterocycles. The topological polar surface area (TPSA) is 20.3 Å². The van der Waals surface area contributed by atoms with Crippen LogP contribution in [-0.4, -0.2) is 27.3 Å². The van der Waals surface area contributed by atoms with Crippen LogP contribution in [0.5, 0.6) is 0 Å². The molecule has 0 aromatic rings. The van der Waals surface area contributed by atoms with Gasteiger partial charge in [0.25, 0.3) is 0 Å². The molecule has 0 saturated carbocycles. The molecular weight excluding hydrogens is 337 g/mol. The van der Waals surface area contributed by atoms with Gasteiger partial charge >= 0.3 is 0 Å². The predicted octanol–water partition coefficient (Wildman–Crippen LogP) is 3.98. The average molecular weight is 365 g/mol. The minimum Gasteiger partial charge on any atom is -0.339 e. The van der Waals surface area contributed by atoms with Crippen molar-refractivity contribution in [2.45, 2.75) is 57.9 Å². The van der Waals surface area contributed by atoms with E-state index in [1.54, 1.807) is 0 Å². The van der Waals surface area contributed by atoms with E-state index in [-0.39, 0.29) is 0 Å². The third-order valence-corrected chi connectivity index (χ3v) is 6.81. The van der Waals surface area contributed by atoms with Gasteiger partial charge in [-0.1, -0.05) is 57.2 Å². The third-order valence-electron chi connectivity index (χ3n) is 4.24. The molecule has 1 fully saturated rings. The molecule has 1 aliphatic rings. The van der Waals surface area contributed by atoms with Gasteiger partial charge in [0, 0.05) is 28.8 Å². The van der Waals surface area contributed by atoms with E-state index in [2.05, 4.69) is 69.0 Å². The first-order valence-electron chi connectivity index (χ1n) is 7.19. The largest absolute Gasteiger partial charge is 0.339 e. The van der Waals surface area contributed by atoms with Crippen LogP contribution in [0.3, 0.4) is 0 Å². The second-order valence-corrected chi connectivity index (χ2v) is 8.03. The molecule has 1 rings (SSSR count). The Bertz CT molecular complexity index is 290. The van der Waals surface area contributed by atoms with Crippen molar-refractivity contribution in [1.29, 1.82) is 0 Å². The van der Waals surface area contributed by atoms with E-state index < -0.39 is 0 Å². The van der Waals surface area contributed by atoms with Crippen molar-refractivity contribution in [3.63, 3.8) is 0 Å². The Kier molecular flexibility index (Phi) is 5.94. The predicted molar refractivity (Wildman–Crippen MR) is 85.9 cm³/mol. The van der Waals surface area contributed by atoms with Crippen molar-refractivity contribution in [1.82, 2.24) is 4.90 Å². The molecule has 0 aliphatic carbocycles. The Morgan fingerprint density at radius 2 is 1.83 bits per heavy atom. The maximum atomic E-state index is 12.0. The summed E-state index contributed by atoms with van der Waals surface area (Å²) < 4.78 is 0.706. The van der Waals surface area contributed by atoms with E-state index in [0.717, 1.165) is 6.54 Å². The zero-order chi connectivity index (χ0) is 14.0. The number of halogens is 1. The van der Waals surface area contributed by atoms with Crippen molar-refractivity contribution in [2.75, 3.05) is 6.54 Å². The fourth-order valence-electron chi connectivity index (χ4n) is 2.88. The quantitative estimate of drug-likeness (QED) is 0.533. The number of hydrogen-bond donors (Lipinski definition) is 0. The van der Waals surface area contributed by atoms with Crippen LogP contribution >= 0.6 is 22.6 Å². The third kappa shape index (κ3) is 3.61. The number of alkyl halides is 1. The number of nitrogens with zero attached hydrogens (tertiary/aromatic N) is 1. The summed E-state index contributed by atoms with van der Waals surface area (Å²) in [5.41, 5.74) is 0. The van der Waals surface area contributed by atoms with Crippen LogP contribution in [0.25, 0.3) is 0 Å². The van der Waals surface area contributed by atoms with E-state index in [1.165, 1.54) is 0 Å². The highest BCUT2D eigenvalue weighted by atomic mass is 127. The van der Waals surface area contributed by atoms with E-state index in [1.807, 2.05) is 0 Å². The Morgan fingerprint density at radius 3 is 2.22 bits per heavy atom. The Labute approximate surface area is 126 Å². The van der Waals surface area contributed by atoms with Crippen LogP contribution < -0.4 is 0 Å². The normalized spacial score (nSPS) is 27.3. The lowest BCUT2D eigenvalue weighted by atomic mass is 9.76. The molecule has 0 aromatic heterocycles. The van der Waals surface area contributed by atoms with Crippen molar-refractivity contribution >= 4 is 28.5 Å². The van der Waals surface area contributed by atoms with Gasteiger partial charge in [-0.05, 0) is 24.7 Å². The summed E-state index contributed by atoms with van der Waals surface area (Å²) >= 11 is 2.58. The molecule has 0 spiro atoms. The molecular formula is C15H28INO. The molecule has 0 aromatic carbocycles. The van der Waals surface area contributed by atoms with Gasteiger partial charge in [0.2, 0.25) is 5.91 Å². The number of likely N-dealkylation sites (tertiary alicyclic amines) is 1. The summed E-state index contributed by atoms with van der Waals surface area (Å²) in [5, 5.41) is 0. The number of amides is 1. The minimum absolute atomic E-state index is 0.343. The average Bonchev–Trinajstić information content (AvgIpc) is 2.24. The number of rotatable bonds is 5. The van der Waals surface area contributed by atoms with E-state index >= 15 is 0 Å². The summed E-state index contributed by atoms with van der Waals surface area (Å²) in [7, 11) is 0. The van der Waals surface area contributed by atoms with Crippen molar-refractivity contribution < 1.29 is 4.79 Å². The van der Waals surface area contributed by atoms with Crippen LogP contribution in [0, 0.1) is 23.7 Å². The molecule has 0 N–H and O–H groups in total. The van der Waals surface area contributed by atoms with Crippen LogP contribution in [0.2, 0.25) is 0 Å². The van der Waals surface area contributed by atoms with Gasteiger partial charge < -0.3 is 4.90 Å². The zero-order valence-electron chi connectivity index (χ0n) is 12.6. The Morgan fingerprint density at radius 1 is 1.28 bits per heavy atom. The van der Waals surface area contributed by atoms with Gasteiger partial charge in [-0.2, -0.15) is 0 Å². The van der Waals surface area contributed by atoms with Crippen LogP contribution in [-0.2, 0) is 4.79 Å². The van der Waals surface area contributed by atoms with Gasteiger partial charge in [0.1, 0.15) is 0 Å². The maximum Gasteiger partial charge on any atom is 0.223 e. The standard InChI is InChI=1S/C15H28INO/c1-9(2)7-14(18)17-8-13(12(17)6)11(5)15(16)10(3)4/h9-13,15H,7-8H2,1-6H3. The molecule has 3 heteroatoms. The van der Waals surface area contributed by atoms with Crippen molar-refractivity contribution in [3.05, 3.63) is 0 Å². The molecule has 2 nitrogen and oxygen atoms in total. The van der Waals surface area contributed by atoms with Crippen LogP contribution in [0.4, 0.5) is 0 Å². The summed E-state index contributed by atoms with van der Waals surface area (Å²) in [6.45, 7) is 14.3. The smallest absolute Gasteiger partial charge is 0.223 e. The first kappa shape index (κ1) is 16.3. The summed E-state index contributed by atoms with van der Waals surface area (Å²) in [4.78, 5) is 14.1. The highest BCUT2D eigenvalue weighted by Crippen LogP contribution is 2.37. The van der Waals surface area contributed by atoms with Crippen LogP contribution in [0.15, 0.2) is 0 Å². The summed E-state index contributed by atoms with van der Waals surface area (Å²) in [6, 6.07) is 0.433. The minimum atomic E-state index is 0.343. The molecule has 106 valence electrons. The fraction of sp³-hybridized carbons (Fsp3) is 0.933. The van der Waals surface area contributed by atoms with Crippen LogP contribution in [0.1, 0.15) is 48.0 Å². The summed E-state index contributed by atoms with van der Waals surface area (Å²) in [6.07, 6.45) is 0.698. The number of carbonyl (C=O) groups is 1. The van der Waals surface area contributed by atoms with E-state index in [0.29, 0.717) is 46.0 Å². The van der Waals surface area contributed by atoms with E-state index in [4.69, 9.17) is 0 Å². The van der Waals surface area contributed by atoms with E-state index in [9.17, 15) is 4.79 Å². The fourth-order valence-corrected chi connectivity index (χ4v) is 3.42. The second-order valence-electron chi connectivity index (χ2n) is 6.60. The first-order valence-corrected chi connectivity index (χ1v) is 8.43. The Hall–Kier alpha value is 0.200. The highest BCUT2D eigenvalue weighted by Gasteiger charge is 2.43. The monoisotopic (exact) mass is 365 g/mol. The number of carbonyl (C=O) groups excluding carboxylic acids is 1. The Balaban J connectivity index is 2.50. The summed E-state index contributed by atoms with van der Waals surface area (Å²) in [5.74, 6) is 2.91. The van der Waals surface area contributed by atoms with Gasteiger partial charge in [-0.3, -0.25) is 4.79 Å². The lowest BCUT2D eigenvalue weighted by Crippen LogP contribution is -2.60. The van der Waals surface area contributed by atoms with Crippen molar-refractivity contribution in [3.8, 4) is 0 Å². The molecule has 18 heavy (non-hydrogen) atoms. The van der Waals surface area contributed by atoms with Crippen molar-refractivity contribution in [2.24, 2.45) is 23.7 Å². The molecule has 4 unspecified atom stereocenters. The van der Waals surface area contributed by atoms with Gasteiger partial charge in [-0.25, -0.2) is 0 Å². The molecule has 1 heterocycles. The SMILES string of the molecule is CC(C)CC(=O)N1CC(C(C)C(I)C(C)C)C1C. The molecule has 1 saturated heterocycles. The van der Waals surface area contributed by atoms with Gasteiger partial charge in [-0.15, -0.1) is 0 Å². The molecule has 0 bridgehead atoms. The number of hydrogen-bond acceptors (Lipinski definition) is 1. The lowest BCUT2D eigenvalue weighted by Gasteiger charge is -2.50. The zero-order valence-corrected chi connectivity index (χ0v) is 14.8. The second kappa shape index (κ2) is 6.58. The first-order chi connectivity index (χ1) is 8.25. The highest BCUT2D eigenvalue weighted by molar-refractivity contribution is 14.1. The maximum absolute atomic E-state index is 12.0. The molecule has 4 atom stereocenters.